The summed E-state index contributed by atoms with van der Waals surface area (Å²) >= 11 is 0. The molecule has 1 aromatic carbocycles. The Labute approximate surface area is 139 Å². The van der Waals surface area contributed by atoms with Crippen molar-refractivity contribution in [1.29, 1.82) is 0 Å². The second-order valence-electron chi connectivity index (χ2n) is 5.99. The predicted molar refractivity (Wildman–Crippen MR) is 86.1 cm³/mol. The summed E-state index contributed by atoms with van der Waals surface area (Å²) in [5.41, 5.74) is 1.67. The van der Waals surface area contributed by atoms with Gasteiger partial charge in [0.25, 0.3) is 5.91 Å². The molecule has 0 bridgehead atoms. The highest BCUT2D eigenvalue weighted by molar-refractivity contribution is 5.95. The summed E-state index contributed by atoms with van der Waals surface area (Å²) in [5.74, 6) is -0.867. The molecular formula is C17H19N3O4. The molecule has 0 saturated carbocycles. The smallest absolute Gasteiger partial charge is 0.330 e. The van der Waals surface area contributed by atoms with Gasteiger partial charge in [-0.05, 0) is 43.2 Å². The zero-order valence-corrected chi connectivity index (χ0v) is 13.5. The molecule has 2 N–H and O–H groups in total. The maximum atomic E-state index is 12.3. The number of carboxylic acids is 1. The molecule has 1 amide bonds. The minimum Gasteiger partial charge on any atom is -0.493 e. The number of rotatable bonds is 5. The van der Waals surface area contributed by atoms with E-state index < -0.39 is 17.9 Å². The standard InChI is InChI=1S/C17H19N3O4/c1-10(2)20-7-5-13(19-20)16(21)18-15(17(22)23)12-3-4-14-11(9-12)6-8-24-14/h3-5,7,9-10,15H,6,8H2,1-2H3,(H,18,21)(H,22,23). The number of carboxylic acid groups (broad SMARTS) is 1. The van der Waals surface area contributed by atoms with E-state index in [-0.39, 0.29) is 11.7 Å². The maximum absolute atomic E-state index is 12.3. The van der Waals surface area contributed by atoms with Gasteiger partial charge < -0.3 is 15.2 Å². The molecule has 1 unspecified atom stereocenters. The molecule has 2 aromatic rings. The van der Waals surface area contributed by atoms with Gasteiger partial charge in [0, 0.05) is 18.7 Å². The van der Waals surface area contributed by atoms with Gasteiger partial charge in [0.1, 0.15) is 11.4 Å². The molecule has 0 saturated heterocycles. The Balaban J connectivity index is 1.81. The number of fused-ring (bicyclic) bond motifs is 1. The summed E-state index contributed by atoms with van der Waals surface area (Å²) in [6.07, 6.45) is 2.43. The number of benzene rings is 1. The van der Waals surface area contributed by atoms with Gasteiger partial charge >= 0.3 is 5.97 Å². The second kappa shape index (κ2) is 6.35. The summed E-state index contributed by atoms with van der Waals surface area (Å²) < 4.78 is 7.07. The van der Waals surface area contributed by atoms with Crippen LogP contribution in [0.4, 0.5) is 0 Å². The van der Waals surface area contributed by atoms with Crippen molar-refractivity contribution in [2.75, 3.05) is 6.61 Å². The number of carbonyl (C=O) groups excluding carboxylic acids is 1. The van der Waals surface area contributed by atoms with E-state index in [0.29, 0.717) is 12.2 Å². The lowest BCUT2D eigenvalue weighted by Gasteiger charge is -2.15. The van der Waals surface area contributed by atoms with E-state index in [2.05, 4.69) is 10.4 Å². The van der Waals surface area contributed by atoms with Gasteiger partial charge in [0.05, 0.1) is 6.61 Å². The van der Waals surface area contributed by atoms with Crippen LogP contribution in [0.15, 0.2) is 30.5 Å². The van der Waals surface area contributed by atoms with Crippen LogP contribution < -0.4 is 10.1 Å². The Morgan fingerprint density at radius 3 is 2.79 bits per heavy atom. The molecule has 1 aromatic heterocycles. The average Bonchev–Trinajstić information content (AvgIpc) is 3.20. The van der Waals surface area contributed by atoms with Crippen LogP contribution in [0.25, 0.3) is 0 Å². The normalized spacial score (nSPS) is 14.1. The number of aliphatic carboxylic acids is 1. The third kappa shape index (κ3) is 3.10. The van der Waals surface area contributed by atoms with Crippen LogP contribution in [-0.4, -0.2) is 33.4 Å². The van der Waals surface area contributed by atoms with E-state index in [4.69, 9.17) is 4.74 Å². The van der Waals surface area contributed by atoms with E-state index in [0.717, 1.165) is 17.7 Å². The first-order valence-corrected chi connectivity index (χ1v) is 7.80. The number of aromatic nitrogens is 2. The van der Waals surface area contributed by atoms with Gasteiger partial charge in [-0.2, -0.15) is 5.10 Å². The number of hydrogen-bond acceptors (Lipinski definition) is 4. The first kappa shape index (κ1) is 16.0. The first-order chi connectivity index (χ1) is 11.5. The van der Waals surface area contributed by atoms with Crippen LogP contribution in [0.5, 0.6) is 5.75 Å². The van der Waals surface area contributed by atoms with E-state index in [1.807, 2.05) is 13.8 Å². The van der Waals surface area contributed by atoms with Crippen molar-refractivity contribution in [3.63, 3.8) is 0 Å². The topological polar surface area (TPSA) is 93.5 Å². The number of carbonyl (C=O) groups is 2. The lowest BCUT2D eigenvalue weighted by Crippen LogP contribution is -2.34. The molecule has 3 rings (SSSR count). The third-order valence-corrected chi connectivity index (χ3v) is 3.94. The van der Waals surface area contributed by atoms with E-state index >= 15 is 0 Å². The van der Waals surface area contributed by atoms with Crippen molar-refractivity contribution < 1.29 is 19.4 Å². The zero-order chi connectivity index (χ0) is 17.3. The lowest BCUT2D eigenvalue weighted by atomic mass is 10.0. The summed E-state index contributed by atoms with van der Waals surface area (Å²) in [7, 11) is 0. The molecule has 1 aliphatic heterocycles. The molecule has 126 valence electrons. The van der Waals surface area contributed by atoms with Crippen LogP contribution >= 0.6 is 0 Å². The maximum Gasteiger partial charge on any atom is 0.330 e. The highest BCUT2D eigenvalue weighted by Gasteiger charge is 2.25. The number of nitrogens with zero attached hydrogens (tertiary/aromatic N) is 2. The van der Waals surface area contributed by atoms with Crippen LogP contribution in [0.3, 0.4) is 0 Å². The average molecular weight is 329 g/mol. The SMILES string of the molecule is CC(C)n1ccc(C(=O)NC(C(=O)O)c2ccc3c(c2)CCO3)n1. The summed E-state index contributed by atoms with van der Waals surface area (Å²) in [6, 6.07) is 5.74. The number of hydrogen-bond donors (Lipinski definition) is 2. The Kier molecular flexibility index (Phi) is 4.24. The summed E-state index contributed by atoms with van der Waals surface area (Å²) in [5, 5.41) is 16.2. The van der Waals surface area contributed by atoms with Crippen molar-refractivity contribution in [2.45, 2.75) is 32.4 Å². The largest absolute Gasteiger partial charge is 0.493 e. The van der Waals surface area contributed by atoms with E-state index in [9.17, 15) is 14.7 Å². The van der Waals surface area contributed by atoms with Gasteiger partial charge in [-0.1, -0.05) is 6.07 Å². The van der Waals surface area contributed by atoms with Crippen molar-refractivity contribution in [1.82, 2.24) is 15.1 Å². The molecule has 7 nitrogen and oxygen atoms in total. The molecule has 0 spiro atoms. The molecular weight excluding hydrogens is 310 g/mol. The minimum atomic E-state index is -1.13. The Morgan fingerprint density at radius 1 is 1.33 bits per heavy atom. The highest BCUT2D eigenvalue weighted by Crippen LogP contribution is 2.28. The van der Waals surface area contributed by atoms with Crippen molar-refractivity contribution in [3.05, 3.63) is 47.3 Å². The van der Waals surface area contributed by atoms with Gasteiger partial charge in [0.2, 0.25) is 0 Å². The molecule has 7 heteroatoms. The fourth-order valence-corrected chi connectivity index (χ4v) is 2.63. The fraction of sp³-hybridized carbons (Fsp3) is 0.353. The summed E-state index contributed by atoms with van der Waals surface area (Å²) in [6.45, 7) is 4.48. The van der Waals surface area contributed by atoms with Crippen molar-refractivity contribution in [3.8, 4) is 5.75 Å². The molecule has 0 aliphatic carbocycles. The van der Waals surface area contributed by atoms with Gasteiger partial charge in [-0.25, -0.2) is 4.79 Å². The molecule has 2 heterocycles. The van der Waals surface area contributed by atoms with Crippen molar-refractivity contribution in [2.24, 2.45) is 0 Å². The van der Waals surface area contributed by atoms with Crippen LogP contribution in [0.2, 0.25) is 0 Å². The number of amides is 1. The molecule has 0 radical (unpaired) electrons. The number of nitrogens with one attached hydrogen (secondary N) is 1. The van der Waals surface area contributed by atoms with Gasteiger partial charge in [-0.3, -0.25) is 9.48 Å². The molecule has 24 heavy (non-hydrogen) atoms. The van der Waals surface area contributed by atoms with Gasteiger partial charge in [0.15, 0.2) is 6.04 Å². The third-order valence-electron chi connectivity index (χ3n) is 3.94. The number of ether oxygens (including phenoxy) is 1. The molecule has 0 fully saturated rings. The molecule has 1 aliphatic rings. The second-order valence-corrected chi connectivity index (χ2v) is 5.99. The summed E-state index contributed by atoms with van der Waals surface area (Å²) in [4.78, 5) is 23.9. The first-order valence-electron chi connectivity index (χ1n) is 7.80. The van der Waals surface area contributed by atoms with Crippen LogP contribution in [0, 0.1) is 0 Å². The monoisotopic (exact) mass is 329 g/mol. The van der Waals surface area contributed by atoms with Gasteiger partial charge in [-0.15, -0.1) is 0 Å². The van der Waals surface area contributed by atoms with Crippen molar-refractivity contribution >= 4 is 11.9 Å². The zero-order valence-electron chi connectivity index (χ0n) is 13.5. The Hall–Kier alpha value is -2.83. The quantitative estimate of drug-likeness (QED) is 0.874. The minimum absolute atomic E-state index is 0.124. The van der Waals surface area contributed by atoms with Crippen LogP contribution in [-0.2, 0) is 11.2 Å². The fourth-order valence-electron chi connectivity index (χ4n) is 2.63. The van der Waals surface area contributed by atoms with E-state index in [1.165, 1.54) is 0 Å². The Bertz CT molecular complexity index is 782. The Morgan fingerprint density at radius 2 is 2.12 bits per heavy atom. The highest BCUT2D eigenvalue weighted by atomic mass is 16.5. The lowest BCUT2D eigenvalue weighted by molar-refractivity contribution is -0.139. The van der Waals surface area contributed by atoms with E-state index in [1.54, 1.807) is 35.1 Å². The predicted octanol–water partition coefficient (Wildman–Crippen LogP) is 1.95. The van der Waals surface area contributed by atoms with Crippen LogP contribution in [0.1, 0.15) is 47.5 Å². The molecule has 1 atom stereocenters.